The minimum absolute atomic E-state index is 0.164. The van der Waals surface area contributed by atoms with Crippen LogP contribution in [0.4, 0.5) is 5.69 Å². The molecule has 124 valence electrons. The third kappa shape index (κ3) is 2.98. The lowest BCUT2D eigenvalue weighted by atomic mass is 10.1. The summed E-state index contributed by atoms with van der Waals surface area (Å²) in [5.74, 6) is 1.14. The van der Waals surface area contributed by atoms with E-state index in [1.165, 1.54) is 11.3 Å². The molecule has 0 atom stereocenters. The van der Waals surface area contributed by atoms with Gasteiger partial charge in [-0.15, -0.1) is 11.3 Å². The first-order valence-electron chi connectivity index (χ1n) is 7.26. The van der Waals surface area contributed by atoms with E-state index >= 15 is 0 Å². The van der Waals surface area contributed by atoms with Gasteiger partial charge in [0.15, 0.2) is 0 Å². The Morgan fingerprint density at radius 2 is 2.08 bits per heavy atom. The van der Waals surface area contributed by atoms with Crippen molar-refractivity contribution in [1.82, 2.24) is 10.2 Å². The second kappa shape index (κ2) is 6.76. The van der Waals surface area contributed by atoms with Gasteiger partial charge in [-0.2, -0.15) is 5.10 Å². The summed E-state index contributed by atoms with van der Waals surface area (Å²) in [4.78, 5) is 13.0. The van der Waals surface area contributed by atoms with Crippen LogP contribution in [-0.4, -0.2) is 30.3 Å². The van der Waals surface area contributed by atoms with Gasteiger partial charge in [-0.05, 0) is 30.5 Å². The van der Waals surface area contributed by atoms with Crippen LogP contribution >= 0.6 is 11.3 Å². The maximum Gasteiger partial charge on any atom is 0.265 e. The van der Waals surface area contributed by atoms with Gasteiger partial charge in [0, 0.05) is 11.6 Å². The van der Waals surface area contributed by atoms with Crippen molar-refractivity contribution >= 4 is 22.9 Å². The number of H-pyrrole nitrogens is 1. The molecule has 0 unspecified atom stereocenters. The molecular formula is C17H17N3O3S. The van der Waals surface area contributed by atoms with Gasteiger partial charge in [0.2, 0.25) is 0 Å². The molecule has 7 heteroatoms. The molecule has 3 rings (SSSR count). The van der Waals surface area contributed by atoms with Gasteiger partial charge in [-0.3, -0.25) is 9.89 Å². The zero-order valence-corrected chi connectivity index (χ0v) is 14.4. The van der Waals surface area contributed by atoms with Crippen LogP contribution in [0, 0.1) is 6.92 Å². The Balaban J connectivity index is 2.00. The second-order valence-corrected chi connectivity index (χ2v) is 6.02. The van der Waals surface area contributed by atoms with E-state index in [0.29, 0.717) is 27.8 Å². The smallest absolute Gasteiger partial charge is 0.265 e. The number of aryl methyl sites for hydroxylation is 1. The number of rotatable bonds is 5. The molecule has 24 heavy (non-hydrogen) atoms. The highest BCUT2D eigenvalue weighted by atomic mass is 32.1. The van der Waals surface area contributed by atoms with Crippen molar-refractivity contribution in [3.63, 3.8) is 0 Å². The largest absolute Gasteiger partial charge is 0.497 e. The van der Waals surface area contributed by atoms with Gasteiger partial charge in [0.1, 0.15) is 17.2 Å². The summed E-state index contributed by atoms with van der Waals surface area (Å²) in [5.41, 5.74) is 2.80. The Labute approximate surface area is 143 Å². The van der Waals surface area contributed by atoms with Crippen molar-refractivity contribution < 1.29 is 14.3 Å². The molecule has 0 saturated heterocycles. The van der Waals surface area contributed by atoms with E-state index in [4.69, 9.17) is 9.47 Å². The second-order valence-electron chi connectivity index (χ2n) is 5.07. The number of nitrogens with zero attached hydrogens (tertiary/aromatic N) is 1. The zero-order valence-electron chi connectivity index (χ0n) is 13.5. The van der Waals surface area contributed by atoms with E-state index in [1.807, 2.05) is 30.5 Å². The SMILES string of the molecule is COc1ccc(-c2n[nH]c(C)c2NC(=O)c2cccs2)c(OC)c1. The first-order valence-corrected chi connectivity index (χ1v) is 8.14. The predicted molar refractivity (Wildman–Crippen MR) is 94.1 cm³/mol. The quantitative estimate of drug-likeness (QED) is 0.740. The fraction of sp³-hybridized carbons (Fsp3) is 0.176. The number of methoxy groups -OCH3 is 2. The van der Waals surface area contributed by atoms with Gasteiger partial charge >= 0.3 is 0 Å². The Morgan fingerprint density at radius 1 is 1.25 bits per heavy atom. The van der Waals surface area contributed by atoms with Crippen LogP contribution in [0.2, 0.25) is 0 Å². The molecule has 2 aromatic heterocycles. The van der Waals surface area contributed by atoms with E-state index < -0.39 is 0 Å². The van der Waals surface area contributed by atoms with Crippen molar-refractivity contribution in [3.8, 4) is 22.8 Å². The van der Waals surface area contributed by atoms with E-state index in [9.17, 15) is 4.79 Å². The van der Waals surface area contributed by atoms with Crippen LogP contribution in [0.25, 0.3) is 11.3 Å². The number of anilines is 1. The number of hydrogen-bond acceptors (Lipinski definition) is 5. The number of ether oxygens (including phenoxy) is 2. The molecule has 2 heterocycles. The molecule has 0 radical (unpaired) electrons. The van der Waals surface area contributed by atoms with Crippen molar-refractivity contribution in [2.75, 3.05) is 19.5 Å². The van der Waals surface area contributed by atoms with Crippen LogP contribution in [0.15, 0.2) is 35.7 Å². The highest BCUT2D eigenvalue weighted by molar-refractivity contribution is 7.12. The highest BCUT2D eigenvalue weighted by Crippen LogP contribution is 2.37. The van der Waals surface area contributed by atoms with Crippen molar-refractivity contribution in [2.24, 2.45) is 0 Å². The summed E-state index contributed by atoms with van der Waals surface area (Å²) in [7, 11) is 3.18. The summed E-state index contributed by atoms with van der Waals surface area (Å²) in [6, 6.07) is 9.09. The number of nitrogens with one attached hydrogen (secondary N) is 2. The minimum atomic E-state index is -0.164. The molecule has 3 aromatic rings. The molecule has 0 fully saturated rings. The maximum atomic E-state index is 12.4. The Morgan fingerprint density at radius 3 is 2.75 bits per heavy atom. The van der Waals surface area contributed by atoms with Gasteiger partial charge in [0.25, 0.3) is 5.91 Å². The van der Waals surface area contributed by atoms with Crippen molar-refractivity contribution in [2.45, 2.75) is 6.92 Å². The summed E-state index contributed by atoms with van der Waals surface area (Å²) in [6.45, 7) is 1.86. The van der Waals surface area contributed by atoms with E-state index in [2.05, 4.69) is 15.5 Å². The van der Waals surface area contributed by atoms with Gasteiger partial charge in [-0.25, -0.2) is 0 Å². The van der Waals surface area contributed by atoms with Gasteiger partial charge in [0.05, 0.1) is 30.5 Å². The molecule has 1 amide bonds. The molecule has 2 N–H and O–H groups in total. The lowest BCUT2D eigenvalue weighted by Crippen LogP contribution is -2.11. The number of benzene rings is 1. The Hall–Kier alpha value is -2.80. The van der Waals surface area contributed by atoms with E-state index in [0.717, 1.165) is 11.3 Å². The molecule has 0 aliphatic heterocycles. The predicted octanol–water partition coefficient (Wildman–Crippen LogP) is 3.72. The first kappa shape index (κ1) is 16.1. The van der Waals surface area contributed by atoms with Crippen LogP contribution in [0.5, 0.6) is 11.5 Å². The number of amides is 1. The molecule has 1 aromatic carbocycles. The molecular weight excluding hydrogens is 326 g/mol. The molecule has 0 aliphatic carbocycles. The Kier molecular flexibility index (Phi) is 4.52. The van der Waals surface area contributed by atoms with E-state index in [1.54, 1.807) is 26.4 Å². The number of carbonyl (C=O) groups excluding carboxylic acids is 1. The standard InChI is InChI=1S/C17H17N3O3S/c1-10-15(18-17(21)14-5-4-8-24-14)16(20-19-10)12-7-6-11(22-2)9-13(12)23-3/h4-9H,1-3H3,(H,18,21)(H,19,20). The number of aromatic nitrogens is 2. The summed E-state index contributed by atoms with van der Waals surface area (Å²) in [5, 5.41) is 12.0. The molecule has 6 nitrogen and oxygen atoms in total. The summed E-state index contributed by atoms with van der Waals surface area (Å²) in [6.07, 6.45) is 0. The monoisotopic (exact) mass is 343 g/mol. The average Bonchev–Trinajstić information content (AvgIpc) is 3.25. The van der Waals surface area contributed by atoms with Crippen LogP contribution in [-0.2, 0) is 0 Å². The molecule has 0 spiro atoms. The van der Waals surface area contributed by atoms with Crippen LogP contribution in [0.1, 0.15) is 15.4 Å². The Bertz CT molecular complexity index is 856. The number of carbonyl (C=O) groups is 1. The summed E-state index contributed by atoms with van der Waals surface area (Å²) >= 11 is 1.39. The normalized spacial score (nSPS) is 10.5. The fourth-order valence-electron chi connectivity index (χ4n) is 2.35. The van der Waals surface area contributed by atoms with Crippen LogP contribution < -0.4 is 14.8 Å². The molecule has 0 bridgehead atoms. The average molecular weight is 343 g/mol. The number of thiophene rings is 1. The number of hydrogen-bond donors (Lipinski definition) is 2. The molecule has 0 aliphatic rings. The fourth-order valence-corrected chi connectivity index (χ4v) is 2.97. The van der Waals surface area contributed by atoms with Crippen molar-refractivity contribution in [1.29, 1.82) is 0 Å². The first-order chi connectivity index (χ1) is 11.6. The third-order valence-electron chi connectivity index (χ3n) is 3.59. The lowest BCUT2D eigenvalue weighted by molar-refractivity contribution is 0.103. The van der Waals surface area contributed by atoms with Gasteiger partial charge < -0.3 is 14.8 Å². The van der Waals surface area contributed by atoms with Crippen molar-refractivity contribution in [3.05, 3.63) is 46.3 Å². The van der Waals surface area contributed by atoms with E-state index in [-0.39, 0.29) is 5.91 Å². The number of aromatic amines is 1. The van der Waals surface area contributed by atoms with Crippen LogP contribution in [0.3, 0.4) is 0 Å². The van der Waals surface area contributed by atoms with Gasteiger partial charge in [-0.1, -0.05) is 6.07 Å². The molecule has 0 saturated carbocycles. The minimum Gasteiger partial charge on any atom is -0.497 e. The third-order valence-corrected chi connectivity index (χ3v) is 4.46. The summed E-state index contributed by atoms with van der Waals surface area (Å²) < 4.78 is 10.7. The lowest BCUT2D eigenvalue weighted by Gasteiger charge is -2.11. The highest BCUT2D eigenvalue weighted by Gasteiger charge is 2.19. The topological polar surface area (TPSA) is 76.2 Å². The maximum absolute atomic E-state index is 12.4. The zero-order chi connectivity index (χ0) is 17.1.